The average molecular weight is 555 g/mol. The molecule has 6 aromatic rings. The van der Waals surface area contributed by atoms with E-state index in [1.807, 2.05) is 13.0 Å². The van der Waals surface area contributed by atoms with Crippen LogP contribution in [0.25, 0.3) is 21.8 Å². The Morgan fingerprint density at radius 2 is 1.05 bits per heavy atom. The van der Waals surface area contributed by atoms with Gasteiger partial charge >= 0.3 is 0 Å². The van der Waals surface area contributed by atoms with E-state index in [9.17, 15) is 21.6 Å². The quantitative estimate of drug-likeness (QED) is 0.250. The Morgan fingerprint density at radius 1 is 0.564 bits per heavy atom. The first-order valence-corrected chi connectivity index (χ1v) is 15.0. The number of ketones is 1. The van der Waals surface area contributed by atoms with Crippen LogP contribution in [0.1, 0.15) is 21.7 Å². The SMILES string of the molecule is Cc1cccc2c1cc(C(=O)c1cc3ccccc3n1S(=O)(=O)c1ccccc1)n2S(=O)(=O)c1ccccc1. The van der Waals surface area contributed by atoms with Crippen molar-refractivity contribution in [2.75, 3.05) is 0 Å². The summed E-state index contributed by atoms with van der Waals surface area (Å²) >= 11 is 0. The van der Waals surface area contributed by atoms with Crippen molar-refractivity contribution in [3.05, 3.63) is 132 Å². The van der Waals surface area contributed by atoms with E-state index in [0.717, 1.165) is 13.5 Å². The van der Waals surface area contributed by atoms with Crippen molar-refractivity contribution in [3.8, 4) is 0 Å². The molecule has 4 aromatic carbocycles. The molecular weight excluding hydrogens is 532 g/mol. The van der Waals surface area contributed by atoms with Crippen molar-refractivity contribution in [2.45, 2.75) is 16.7 Å². The van der Waals surface area contributed by atoms with Crippen LogP contribution in [0.15, 0.2) is 125 Å². The second-order valence-electron chi connectivity index (χ2n) is 9.12. The fourth-order valence-electron chi connectivity index (χ4n) is 4.85. The molecule has 9 heteroatoms. The molecule has 7 nitrogen and oxygen atoms in total. The second kappa shape index (κ2) is 9.07. The van der Waals surface area contributed by atoms with Crippen LogP contribution in [0.5, 0.6) is 0 Å². The zero-order chi connectivity index (χ0) is 27.4. The fourth-order valence-corrected chi connectivity index (χ4v) is 7.90. The molecule has 0 amide bonds. The molecule has 0 aliphatic rings. The first-order chi connectivity index (χ1) is 18.7. The molecule has 2 heterocycles. The van der Waals surface area contributed by atoms with E-state index in [0.29, 0.717) is 21.8 Å². The Morgan fingerprint density at radius 3 is 1.67 bits per heavy atom. The summed E-state index contributed by atoms with van der Waals surface area (Å²) in [6, 6.07) is 30.6. The summed E-state index contributed by atoms with van der Waals surface area (Å²) < 4.78 is 57.7. The third kappa shape index (κ3) is 3.89. The molecular formula is C30H22N2O5S2. The van der Waals surface area contributed by atoms with E-state index >= 15 is 0 Å². The third-order valence-corrected chi connectivity index (χ3v) is 10.2. The molecule has 0 bridgehead atoms. The molecule has 0 saturated heterocycles. The van der Waals surface area contributed by atoms with Crippen LogP contribution >= 0.6 is 0 Å². The maximum absolute atomic E-state index is 14.3. The number of nitrogens with zero attached hydrogens (tertiary/aromatic N) is 2. The predicted octanol–water partition coefficient (Wildman–Crippen LogP) is 5.61. The average Bonchev–Trinajstić information content (AvgIpc) is 3.55. The molecule has 0 unspecified atom stereocenters. The largest absolute Gasteiger partial charge is 0.285 e. The number of rotatable bonds is 6. The number of aromatic nitrogens is 2. The second-order valence-corrected chi connectivity index (χ2v) is 12.7. The van der Waals surface area contributed by atoms with Gasteiger partial charge in [0.15, 0.2) is 0 Å². The molecule has 0 atom stereocenters. The maximum Gasteiger partial charge on any atom is 0.268 e. The van der Waals surface area contributed by atoms with Gasteiger partial charge < -0.3 is 0 Å². The highest BCUT2D eigenvalue weighted by Crippen LogP contribution is 2.32. The van der Waals surface area contributed by atoms with Crippen LogP contribution in [0.4, 0.5) is 0 Å². The number of carbonyl (C=O) groups is 1. The Bertz CT molecular complexity index is 2110. The molecule has 0 aliphatic carbocycles. The van der Waals surface area contributed by atoms with Crippen molar-refractivity contribution in [3.63, 3.8) is 0 Å². The highest BCUT2D eigenvalue weighted by Gasteiger charge is 2.32. The number of para-hydroxylation sites is 1. The standard InChI is InChI=1S/C30H22N2O5S2/c1-21-11-10-18-27-25(21)20-29(32(27)39(36,37)24-15-6-3-7-16-24)30(33)28-19-22-12-8-9-17-26(22)31(28)38(34,35)23-13-4-2-5-14-23/h2-20H,1H3. The Balaban J connectivity index is 1.67. The highest BCUT2D eigenvalue weighted by atomic mass is 32.2. The van der Waals surface area contributed by atoms with Crippen molar-refractivity contribution < 1.29 is 21.6 Å². The molecule has 194 valence electrons. The molecule has 0 N–H and O–H groups in total. The lowest BCUT2D eigenvalue weighted by Gasteiger charge is -2.14. The first-order valence-electron chi connectivity index (χ1n) is 12.1. The highest BCUT2D eigenvalue weighted by molar-refractivity contribution is 7.90. The van der Waals surface area contributed by atoms with Gasteiger partial charge in [0.05, 0.1) is 20.8 Å². The van der Waals surface area contributed by atoms with Crippen molar-refractivity contribution in [2.24, 2.45) is 0 Å². The normalized spacial score (nSPS) is 12.2. The lowest BCUT2D eigenvalue weighted by atomic mass is 10.1. The lowest BCUT2D eigenvalue weighted by molar-refractivity contribution is 0.102. The minimum absolute atomic E-state index is 0.00805. The van der Waals surface area contributed by atoms with Gasteiger partial charge in [0.25, 0.3) is 20.0 Å². The first kappa shape index (κ1) is 24.8. The van der Waals surface area contributed by atoms with Gasteiger partial charge in [-0.15, -0.1) is 0 Å². The van der Waals surface area contributed by atoms with E-state index in [2.05, 4.69) is 0 Å². The fraction of sp³-hybridized carbons (Fsp3) is 0.0333. The molecule has 0 aliphatic heterocycles. The number of benzene rings is 4. The van der Waals surface area contributed by atoms with E-state index in [4.69, 9.17) is 0 Å². The van der Waals surface area contributed by atoms with Gasteiger partial charge in [-0.05, 0) is 61.0 Å². The van der Waals surface area contributed by atoms with Crippen molar-refractivity contribution in [1.29, 1.82) is 0 Å². The van der Waals surface area contributed by atoms with Gasteiger partial charge in [-0.2, -0.15) is 0 Å². The Kier molecular flexibility index (Phi) is 5.78. The van der Waals surface area contributed by atoms with E-state index in [1.165, 1.54) is 36.4 Å². The van der Waals surface area contributed by atoms with Crippen molar-refractivity contribution >= 4 is 47.6 Å². The summed E-state index contributed by atoms with van der Waals surface area (Å²) in [6.07, 6.45) is 0. The zero-order valence-electron chi connectivity index (χ0n) is 20.7. The summed E-state index contributed by atoms with van der Waals surface area (Å²) in [5, 5.41) is 1.11. The van der Waals surface area contributed by atoms with Crippen LogP contribution < -0.4 is 0 Å². The molecule has 39 heavy (non-hydrogen) atoms. The van der Waals surface area contributed by atoms with Gasteiger partial charge in [0.2, 0.25) is 5.78 Å². The number of carbonyl (C=O) groups excluding carboxylic acids is 1. The third-order valence-electron chi connectivity index (χ3n) is 6.71. The summed E-state index contributed by atoms with van der Waals surface area (Å²) in [4.78, 5) is 14.3. The van der Waals surface area contributed by atoms with Crippen LogP contribution in [0.3, 0.4) is 0 Å². The van der Waals surface area contributed by atoms with E-state index in [-0.39, 0.29) is 21.2 Å². The van der Waals surface area contributed by atoms with Crippen LogP contribution in [-0.4, -0.2) is 30.6 Å². The lowest BCUT2D eigenvalue weighted by Crippen LogP contribution is -2.23. The zero-order valence-corrected chi connectivity index (χ0v) is 22.4. The molecule has 0 fully saturated rings. The molecule has 0 radical (unpaired) electrons. The Hall–Kier alpha value is -4.47. The van der Waals surface area contributed by atoms with Crippen LogP contribution in [0, 0.1) is 6.92 Å². The minimum Gasteiger partial charge on any atom is -0.285 e. The van der Waals surface area contributed by atoms with Gasteiger partial charge in [0, 0.05) is 10.8 Å². The van der Waals surface area contributed by atoms with Gasteiger partial charge in [-0.1, -0.05) is 66.7 Å². The monoisotopic (exact) mass is 554 g/mol. The maximum atomic E-state index is 14.3. The van der Waals surface area contributed by atoms with Crippen LogP contribution in [-0.2, 0) is 20.0 Å². The number of aryl methyl sites for hydroxylation is 1. The summed E-state index contributed by atoms with van der Waals surface area (Å²) in [6.45, 7) is 1.83. The smallest absolute Gasteiger partial charge is 0.268 e. The minimum atomic E-state index is -4.22. The number of hydrogen-bond acceptors (Lipinski definition) is 5. The summed E-state index contributed by atoms with van der Waals surface area (Å²) in [5.74, 6) is -0.735. The van der Waals surface area contributed by atoms with Gasteiger partial charge in [-0.3, -0.25) is 4.79 Å². The van der Waals surface area contributed by atoms with E-state index in [1.54, 1.807) is 72.8 Å². The van der Waals surface area contributed by atoms with Gasteiger partial charge in [-0.25, -0.2) is 24.8 Å². The van der Waals surface area contributed by atoms with Crippen molar-refractivity contribution in [1.82, 2.24) is 7.94 Å². The number of fused-ring (bicyclic) bond motifs is 2. The summed E-state index contributed by atoms with van der Waals surface area (Å²) in [5.41, 5.74) is 1.10. The predicted molar refractivity (Wildman–Crippen MR) is 150 cm³/mol. The Labute approximate surface area is 225 Å². The topological polar surface area (TPSA) is 95.2 Å². The molecule has 2 aromatic heterocycles. The van der Waals surface area contributed by atoms with Crippen LogP contribution in [0.2, 0.25) is 0 Å². The van der Waals surface area contributed by atoms with E-state index < -0.39 is 25.8 Å². The summed E-state index contributed by atoms with van der Waals surface area (Å²) in [7, 11) is -8.42. The van der Waals surface area contributed by atoms with Gasteiger partial charge in [0.1, 0.15) is 11.4 Å². The molecule has 0 saturated carbocycles. The number of hydrogen-bond donors (Lipinski definition) is 0. The molecule has 0 spiro atoms. The molecule has 6 rings (SSSR count).